The smallest absolute Gasteiger partial charge is 0.307 e. The van der Waals surface area contributed by atoms with Gasteiger partial charge in [0, 0.05) is 23.6 Å². The van der Waals surface area contributed by atoms with Crippen molar-refractivity contribution in [1.29, 1.82) is 0 Å². The van der Waals surface area contributed by atoms with Gasteiger partial charge in [0.15, 0.2) is 11.6 Å². The molecule has 146 valence electrons. The van der Waals surface area contributed by atoms with E-state index < -0.39 is 17.6 Å². The first-order chi connectivity index (χ1) is 14.0. The predicted octanol–water partition coefficient (Wildman–Crippen LogP) is 5.39. The molecular formula is C23H17F2NO3. The Bertz CT molecular complexity index is 1180. The summed E-state index contributed by atoms with van der Waals surface area (Å²) in [6.45, 7) is 0.536. The predicted molar refractivity (Wildman–Crippen MR) is 105 cm³/mol. The summed E-state index contributed by atoms with van der Waals surface area (Å²) in [4.78, 5) is 11.1. The number of carbonyl (C=O) groups is 1. The third-order valence-corrected chi connectivity index (χ3v) is 4.63. The Morgan fingerprint density at radius 1 is 0.966 bits per heavy atom. The molecular weight excluding hydrogens is 376 g/mol. The summed E-state index contributed by atoms with van der Waals surface area (Å²) in [5.41, 5.74) is 2.67. The van der Waals surface area contributed by atoms with Crippen LogP contribution in [0.2, 0.25) is 0 Å². The molecule has 1 heterocycles. The lowest BCUT2D eigenvalue weighted by Crippen LogP contribution is -2.00. The van der Waals surface area contributed by atoms with Gasteiger partial charge >= 0.3 is 5.97 Å². The van der Waals surface area contributed by atoms with Gasteiger partial charge in [0.2, 0.25) is 5.82 Å². The molecule has 0 aliphatic rings. The van der Waals surface area contributed by atoms with Crippen molar-refractivity contribution in [3.05, 3.63) is 95.7 Å². The number of halogens is 2. The van der Waals surface area contributed by atoms with E-state index in [1.807, 2.05) is 47.2 Å². The van der Waals surface area contributed by atoms with E-state index in [4.69, 9.17) is 9.84 Å². The molecule has 1 aromatic heterocycles. The molecule has 0 atom stereocenters. The van der Waals surface area contributed by atoms with Crippen molar-refractivity contribution in [2.75, 3.05) is 0 Å². The van der Waals surface area contributed by atoms with Gasteiger partial charge in [-0.15, -0.1) is 0 Å². The van der Waals surface area contributed by atoms with Crippen molar-refractivity contribution in [3.8, 4) is 11.5 Å². The second-order valence-corrected chi connectivity index (χ2v) is 6.67. The van der Waals surface area contributed by atoms with Crippen LogP contribution >= 0.6 is 0 Å². The van der Waals surface area contributed by atoms with Crippen molar-refractivity contribution >= 4 is 16.9 Å². The van der Waals surface area contributed by atoms with Crippen LogP contribution in [0.25, 0.3) is 10.9 Å². The molecule has 0 spiro atoms. The van der Waals surface area contributed by atoms with E-state index in [9.17, 15) is 13.6 Å². The lowest BCUT2D eigenvalue weighted by Gasteiger charge is -2.09. The highest BCUT2D eigenvalue weighted by molar-refractivity contribution is 5.87. The molecule has 0 aliphatic heterocycles. The number of fused-ring (bicyclic) bond motifs is 1. The first-order valence-corrected chi connectivity index (χ1v) is 9.00. The number of para-hydroxylation sites is 1. The van der Waals surface area contributed by atoms with E-state index in [0.717, 1.165) is 28.1 Å². The number of ether oxygens (including phenoxy) is 1. The lowest BCUT2D eigenvalue weighted by atomic mass is 10.1. The third-order valence-electron chi connectivity index (χ3n) is 4.63. The summed E-state index contributed by atoms with van der Waals surface area (Å²) in [5, 5.41) is 10.1. The summed E-state index contributed by atoms with van der Waals surface area (Å²) < 4.78 is 34.5. The zero-order chi connectivity index (χ0) is 20.4. The van der Waals surface area contributed by atoms with Gasteiger partial charge in [-0.2, -0.15) is 4.39 Å². The number of benzene rings is 3. The molecule has 0 fully saturated rings. The minimum absolute atomic E-state index is 0.0422. The fourth-order valence-corrected chi connectivity index (χ4v) is 3.31. The molecule has 1 N–H and O–H groups in total. The molecule has 4 rings (SSSR count). The SMILES string of the molecule is O=C(O)Cc1cn(Cc2ccc(Oc3cccc(F)c3F)cc2)c2ccccc12. The topological polar surface area (TPSA) is 51.5 Å². The van der Waals surface area contributed by atoms with Gasteiger partial charge in [-0.25, -0.2) is 4.39 Å². The van der Waals surface area contributed by atoms with Crippen LogP contribution in [0.4, 0.5) is 8.78 Å². The van der Waals surface area contributed by atoms with Crippen LogP contribution in [0, 0.1) is 11.6 Å². The van der Waals surface area contributed by atoms with Crippen LogP contribution in [-0.2, 0) is 17.8 Å². The molecule has 4 aromatic rings. The van der Waals surface area contributed by atoms with E-state index in [1.165, 1.54) is 12.1 Å². The largest absolute Gasteiger partial charge is 0.481 e. The molecule has 0 unspecified atom stereocenters. The molecule has 0 aliphatic carbocycles. The molecule has 0 saturated carbocycles. The first kappa shape index (κ1) is 18.7. The van der Waals surface area contributed by atoms with Crippen molar-refractivity contribution in [1.82, 2.24) is 4.57 Å². The number of carboxylic acid groups (broad SMARTS) is 1. The van der Waals surface area contributed by atoms with Crippen LogP contribution in [-0.4, -0.2) is 15.6 Å². The first-order valence-electron chi connectivity index (χ1n) is 9.00. The van der Waals surface area contributed by atoms with E-state index in [1.54, 1.807) is 12.1 Å². The van der Waals surface area contributed by atoms with E-state index >= 15 is 0 Å². The van der Waals surface area contributed by atoms with Crippen LogP contribution in [0.5, 0.6) is 11.5 Å². The van der Waals surface area contributed by atoms with Gasteiger partial charge in [0.25, 0.3) is 0 Å². The summed E-state index contributed by atoms with van der Waals surface area (Å²) >= 11 is 0. The van der Waals surface area contributed by atoms with Gasteiger partial charge in [-0.1, -0.05) is 36.4 Å². The summed E-state index contributed by atoms with van der Waals surface area (Å²) in [6.07, 6.45) is 1.81. The molecule has 3 aromatic carbocycles. The van der Waals surface area contributed by atoms with E-state index in [-0.39, 0.29) is 12.2 Å². The maximum absolute atomic E-state index is 13.8. The lowest BCUT2D eigenvalue weighted by molar-refractivity contribution is -0.136. The van der Waals surface area contributed by atoms with Crippen LogP contribution in [0.1, 0.15) is 11.1 Å². The minimum atomic E-state index is -1.03. The minimum Gasteiger partial charge on any atom is -0.481 e. The third kappa shape index (κ3) is 3.96. The maximum atomic E-state index is 13.8. The summed E-state index contributed by atoms with van der Waals surface area (Å²) in [5.74, 6) is -2.65. The van der Waals surface area contributed by atoms with Gasteiger partial charge < -0.3 is 14.4 Å². The quantitative estimate of drug-likeness (QED) is 0.478. The highest BCUT2D eigenvalue weighted by atomic mass is 19.2. The fraction of sp³-hybridized carbons (Fsp3) is 0.0870. The molecule has 0 radical (unpaired) electrons. The summed E-state index contributed by atoms with van der Waals surface area (Å²) in [6, 6.07) is 18.5. The van der Waals surface area contributed by atoms with Gasteiger partial charge in [0.05, 0.1) is 6.42 Å². The second-order valence-electron chi connectivity index (χ2n) is 6.67. The Labute approximate surface area is 165 Å². The normalized spacial score (nSPS) is 11.0. The zero-order valence-corrected chi connectivity index (χ0v) is 15.3. The molecule has 4 nitrogen and oxygen atoms in total. The van der Waals surface area contributed by atoms with E-state index in [2.05, 4.69) is 0 Å². The Morgan fingerprint density at radius 3 is 2.48 bits per heavy atom. The number of hydrogen-bond acceptors (Lipinski definition) is 2. The van der Waals surface area contributed by atoms with Crippen LogP contribution in [0.15, 0.2) is 72.9 Å². The molecule has 29 heavy (non-hydrogen) atoms. The molecule has 6 heteroatoms. The highest BCUT2D eigenvalue weighted by Crippen LogP contribution is 2.27. The standard InChI is InChI=1S/C23H17F2NO3/c24-19-5-3-7-21(23(19)25)29-17-10-8-15(9-11-17)13-26-14-16(12-22(27)28)18-4-1-2-6-20(18)26/h1-11,14H,12-13H2,(H,27,28). The van der Waals surface area contributed by atoms with Crippen LogP contribution < -0.4 is 4.74 Å². The zero-order valence-electron chi connectivity index (χ0n) is 15.3. The Balaban J connectivity index is 1.56. The average molecular weight is 393 g/mol. The van der Waals surface area contributed by atoms with Gasteiger partial charge in [0.1, 0.15) is 5.75 Å². The number of nitrogens with zero attached hydrogens (tertiary/aromatic N) is 1. The Hall–Kier alpha value is -3.67. The van der Waals surface area contributed by atoms with Crippen LogP contribution in [0.3, 0.4) is 0 Å². The fourth-order valence-electron chi connectivity index (χ4n) is 3.31. The molecule has 0 amide bonds. The number of aliphatic carboxylic acids is 1. The van der Waals surface area contributed by atoms with Crippen molar-refractivity contribution < 1.29 is 23.4 Å². The van der Waals surface area contributed by atoms with Gasteiger partial charge in [-0.3, -0.25) is 4.79 Å². The molecule has 0 saturated heterocycles. The van der Waals surface area contributed by atoms with Crippen molar-refractivity contribution in [2.45, 2.75) is 13.0 Å². The number of rotatable bonds is 6. The Kier molecular flexibility index (Phi) is 4.99. The molecule has 0 bridgehead atoms. The van der Waals surface area contributed by atoms with Crippen molar-refractivity contribution in [3.63, 3.8) is 0 Å². The van der Waals surface area contributed by atoms with Gasteiger partial charge in [-0.05, 0) is 41.5 Å². The summed E-state index contributed by atoms with van der Waals surface area (Å²) in [7, 11) is 0. The number of carboxylic acids is 1. The second kappa shape index (κ2) is 7.75. The number of hydrogen-bond donors (Lipinski definition) is 1. The average Bonchev–Trinajstić information content (AvgIpc) is 3.04. The maximum Gasteiger partial charge on any atom is 0.307 e. The highest BCUT2D eigenvalue weighted by Gasteiger charge is 2.12. The van der Waals surface area contributed by atoms with Crippen molar-refractivity contribution in [2.24, 2.45) is 0 Å². The monoisotopic (exact) mass is 393 g/mol. The Morgan fingerprint density at radius 2 is 1.72 bits per heavy atom. The number of aromatic nitrogens is 1. The van der Waals surface area contributed by atoms with E-state index in [0.29, 0.717) is 12.3 Å².